The van der Waals surface area contributed by atoms with Gasteiger partial charge in [-0.2, -0.15) is 0 Å². The quantitative estimate of drug-likeness (QED) is 0.591. The first-order valence-electron chi connectivity index (χ1n) is 11.5. The van der Waals surface area contributed by atoms with E-state index in [1.54, 1.807) is 13.3 Å². The molecule has 0 radical (unpaired) electrons. The summed E-state index contributed by atoms with van der Waals surface area (Å²) in [6, 6.07) is 18.4. The molecule has 1 aliphatic heterocycles. The number of ether oxygens (including phenoxy) is 1. The maximum Gasteiger partial charge on any atom is 0.225 e. The number of Topliss-reactive ketones (excluding diaryl/α,β-unsaturated/α-hetero) is 1. The van der Waals surface area contributed by atoms with Crippen molar-refractivity contribution in [3.05, 3.63) is 83.7 Å². The minimum atomic E-state index is 0.134. The van der Waals surface area contributed by atoms with Gasteiger partial charge >= 0.3 is 0 Å². The Labute approximate surface area is 194 Å². The molecule has 2 aliphatic rings. The lowest BCUT2D eigenvalue weighted by atomic mass is 9.86. The molecule has 0 amide bonds. The largest absolute Gasteiger partial charge is 0.497 e. The van der Waals surface area contributed by atoms with Crippen molar-refractivity contribution in [3.8, 4) is 5.75 Å². The van der Waals surface area contributed by atoms with Crippen LogP contribution in [0.1, 0.15) is 28.0 Å². The summed E-state index contributed by atoms with van der Waals surface area (Å²) in [7, 11) is 1.68. The van der Waals surface area contributed by atoms with Crippen LogP contribution in [0.3, 0.4) is 0 Å². The molecule has 0 bridgehead atoms. The van der Waals surface area contributed by atoms with Crippen molar-refractivity contribution >= 4 is 23.5 Å². The van der Waals surface area contributed by atoms with Crippen molar-refractivity contribution in [1.82, 2.24) is 9.97 Å². The molecule has 6 nitrogen and oxygen atoms in total. The van der Waals surface area contributed by atoms with Crippen LogP contribution in [-0.4, -0.2) is 49.0 Å². The molecule has 5 rings (SSSR count). The number of aromatic nitrogens is 2. The second-order valence-corrected chi connectivity index (χ2v) is 8.56. The number of benzene rings is 2. The third-order valence-corrected chi connectivity index (χ3v) is 6.42. The maximum absolute atomic E-state index is 12.7. The van der Waals surface area contributed by atoms with Crippen molar-refractivity contribution in [2.24, 2.45) is 5.92 Å². The topological polar surface area (TPSA) is 58.6 Å². The Morgan fingerprint density at radius 3 is 2.39 bits per heavy atom. The Balaban J connectivity index is 1.26. The Kier molecular flexibility index (Phi) is 6.07. The Morgan fingerprint density at radius 2 is 1.67 bits per heavy atom. The lowest BCUT2D eigenvalue weighted by Gasteiger charge is -2.36. The standard InChI is InChI=1S/C27H28N4O2/c1-33-23-11-9-22(10-12-23)30-13-15-31(16-14-30)27-28-19-24-25(29-27)17-21(18-26(24)32)8-7-20-5-3-2-4-6-20/h2-12,19,21H,13-18H2,1H3/b8-7+/t21-/m1/s1. The molecule has 33 heavy (non-hydrogen) atoms. The van der Waals surface area contributed by atoms with Crippen LogP contribution in [0.5, 0.6) is 5.75 Å². The highest BCUT2D eigenvalue weighted by Crippen LogP contribution is 2.27. The van der Waals surface area contributed by atoms with Crippen LogP contribution >= 0.6 is 0 Å². The second kappa shape index (κ2) is 9.45. The van der Waals surface area contributed by atoms with E-state index >= 15 is 0 Å². The van der Waals surface area contributed by atoms with Gasteiger partial charge in [0.05, 0.1) is 18.4 Å². The zero-order valence-electron chi connectivity index (χ0n) is 18.9. The summed E-state index contributed by atoms with van der Waals surface area (Å²) >= 11 is 0. The van der Waals surface area contributed by atoms with Gasteiger partial charge < -0.3 is 14.5 Å². The molecule has 3 aromatic rings. The molecule has 0 saturated carbocycles. The average Bonchev–Trinajstić information content (AvgIpc) is 2.88. The second-order valence-electron chi connectivity index (χ2n) is 8.56. The van der Waals surface area contributed by atoms with E-state index < -0.39 is 0 Å². The fourth-order valence-electron chi connectivity index (χ4n) is 4.52. The minimum absolute atomic E-state index is 0.134. The summed E-state index contributed by atoms with van der Waals surface area (Å²) in [5, 5.41) is 0. The van der Waals surface area contributed by atoms with Crippen molar-refractivity contribution in [1.29, 1.82) is 0 Å². The third kappa shape index (κ3) is 4.75. The first kappa shape index (κ1) is 21.2. The normalized spacial score (nSPS) is 18.5. The van der Waals surface area contributed by atoms with E-state index in [1.165, 1.54) is 5.69 Å². The molecule has 1 fully saturated rings. The minimum Gasteiger partial charge on any atom is -0.497 e. The molecule has 6 heteroatoms. The number of hydrogen-bond donors (Lipinski definition) is 0. The molecule has 1 aromatic heterocycles. The lowest BCUT2D eigenvalue weighted by molar-refractivity contribution is 0.0957. The van der Waals surface area contributed by atoms with Crippen molar-refractivity contribution in [2.45, 2.75) is 12.8 Å². The van der Waals surface area contributed by atoms with Crippen LogP contribution in [0.25, 0.3) is 6.08 Å². The number of rotatable bonds is 5. The highest BCUT2D eigenvalue weighted by molar-refractivity contribution is 5.98. The summed E-state index contributed by atoms with van der Waals surface area (Å²) in [6.45, 7) is 3.48. The van der Waals surface area contributed by atoms with E-state index in [4.69, 9.17) is 9.72 Å². The van der Waals surface area contributed by atoms with Gasteiger partial charge in [-0.05, 0) is 42.2 Å². The molecule has 0 N–H and O–H groups in total. The molecule has 0 unspecified atom stereocenters. The van der Waals surface area contributed by atoms with Crippen molar-refractivity contribution < 1.29 is 9.53 Å². The van der Waals surface area contributed by atoms with Crippen LogP contribution in [0.2, 0.25) is 0 Å². The molecular weight excluding hydrogens is 412 g/mol. The van der Waals surface area contributed by atoms with Crippen LogP contribution in [0, 0.1) is 5.92 Å². The van der Waals surface area contributed by atoms with Gasteiger partial charge in [-0.15, -0.1) is 0 Å². The van der Waals surface area contributed by atoms with Gasteiger partial charge in [0.2, 0.25) is 5.95 Å². The van der Waals surface area contributed by atoms with E-state index in [-0.39, 0.29) is 11.7 Å². The number of carbonyl (C=O) groups is 1. The number of anilines is 2. The van der Waals surface area contributed by atoms with E-state index in [0.29, 0.717) is 12.0 Å². The first-order chi connectivity index (χ1) is 16.2. The van der Waals surface area contributed by atoms with E-state index in [1.807, 2.05) is 30.3 Å². The summed E-state index contributed by atoms with van der Waals surface area (Å²) in [5.41, 5.74) is 3.89. The van der Waals surface area contributed by atoms with Gasteiger partial charge in [0.15, 0.2) is 5.78 Å². The highest BCUT2D eigenvalue weighted by atomic mass is 16.5. The number of methoxy groups -OCH3 is 1. The first-order valence-corrected chi connectivity index (χ1v) is 11.5. The van der Waals surface area contributed by atoms with Gasteiger partial charge in [0, 0.05) is 44.5 Å². The summed E-state index contributed by atoms with van der Waals surface area (Å²) in [5.74, 6) is 1.89. The molecule has 1 saturated heterocycles. The predicted octanol–water partition coefficient (Wildman–Crippen LogP) is 4.27. The summed E-state index contributed by atoms with van der Waals surface area (Å²) < 4.78 is 5.26. The van der Waals surface area contributed by atoms with Crippen LogP contribution in [-0.2, 0) is 6.42 Å². The average molecular weight is 441 g/mol. The van der Waals surface area contributed by atoms with Crippen LogP contribution in [0.4, 0.5) is 11.6 Å². The number of hydrogen-bond acceptors (Lipinski definition) is 6. The highest BCUT2D eigenvalue weighted by Gasteiger charge is 2.27. The number of fused-ring (bicyclic) bond motifs is 1. The van der Waals surface area contributed by atoms with Crippen molar-refractivity contribution in [3.63, 3.8) is 0 Å². The SMILES string of the molecule is COc1ccc(N2CCN(c3ncc4c(n3)C[C@@H](/C=C/c3ccccc3)CC4=O)CC2)cc1. The van der Waals surface area contributed by atoms with Crippen LogP contribution in [0.15, 0.2) is 66.9 Å². The summed E-state index contributed by atoms with van der Waals surface area (Å²) in [4.78, 5) is 26.7. The zero-order chi connectivity index (χ0) is 22.6. The number of ketones is 1. The number of allylic oxidation sites excluding steroid dienone is 1. The molecule has 168 valence electrons. The molecule has 0 spiro atoms. The van der Waals surface area contributed by atoms with Gasteiger partial charge in [-0.25, -0.2) is 9.97 Å². The Morgan fingerprint density at radius 1 is 0.939 bits per heavy atom. The van der Waals surface area contributed by atoms with Crippen molar-refractivity contribution in [2.75, 3.05) is 43.1 Å². The third-order valence-electron chi connectivity index (χ3n) is 6.42. The molecule has 1 atom stereocenters. The zero-order valence-corrected chi connectivity index (χ0v) is 18.9. The monoisotopic (exact) mass is 440 g/mol. The van der Waals surface area contributed by atoms with Gasteiger partial charge in [-0.3, -0.25) is 4.79 Å². The fourth-order valence-corrected chi connectivity index (χ4v) is 4.52. The van der Waals surface area contributed by atoms with Gasteiger partial charge in [0.25, 0.3) is 0 Å². The smallest absolute Gasteiger partial charge is 0.225 e. The van der Waals surface area contributed by atoms with Gasteiger partial charge in [0.1, 0.15) is 5.75 Å². The van der Waals surface area contributed by atoms with E-state index in [9.17, 15) is 4.79 Å². The number of nitrogens with zero attached hydrogens (tertiary/aromatic N) is 4. The maximum atomic E-state index is 12.7. The molecule has 2 heterocycles. The number of piperazine rings is 1. The van der Waals surface area contributed by atoms with Gasteiger partial charge in [-0.1, -0.05) is 42.5 Å². The Bertz CT molecular complexity index is 1140. The molecule has 1 aliphatic carbocycles. The fraction of sp³-hybridized carbons (Fsp3) is 0.296. The summed E-state index contributed by atoms with van der Waals surface area (Å²) in [6.07, 6.45) is 7.26. The lowest BCUT2D eigenvalue weighted by Crippen LogP contribution is -2.47. The number of carbonyl (C=O) groups excluding carboxylic acids is 1. The van der Waals surface area contributed by atoms with E-state index in [2.05, 4.69) is 51.2 Å². The Hall–Kier alpha value is -3.67. The molecular formula is C27H28N4O2. The van der Waals surface area contributed by atoms with Crippen LogP contribution < -0.4 is 14.5 Å². The molecule has 2 aromatic carbocycles. The predicted molar refractivity (Wildman–Crippen MR) is 131 cm³/mol. The van der Waals surface area contributed by atoms with E-state index in [0.717, 1.165) is 55.6 Å².